The molecule has 0 amide bonds. The number of benzene rings is 1. The average molecular weight is 327 g/mol. The van der Waals surface area contributed by atoms with Crippen molar-refractivity contribution >= 4 is 5.97 Å². The van der Waals surface area contributed by atoms with E-state index in [0.717, 1.165) is 19.3 Å². The molecule has 0 saturated heterocycles. The molecule has 1 aliphatic rings. The number of nitrogens with zero attached hydrogens (tertiary/aromatic N) is 1. The number of imidazole rings is 1. The number of carboxylic acids is 1. The summed E-state index contributed by atoms with van der Waals surface area (Å²) < 4.78 is 31.7. The predicted molar refractivity (Wildman–Crippen MR) is 76.6 cm³/mol. The minimum Gasteiger partial charge on any atom is -0.475 e. The first-order valence-corrected chi connectivity index (χ1v) is 6.88. The van der Waals surface area contributed by atoms with Gasteiger partial charge in [-0.25, -0.2) is 9.78 Å². The third-order valence-electron chi connectivity index (χ3n) is 3.70. The Kier molecular flexibility index (Phi) is 4.74. The molecule has 124 valence electrons. The van der Waals surface area contributed by atoms with Crippen LogP contribution in [0.2, 0.25) is 0 Å². The van der Waals surface area contributed by atoms with Crippen molar-refractivity contribution in [3.63, 3.8) is 0 Å². The monoisotopic (exact) mass is 327 g/mol. The molecule has 1 aromatic carbocycles. The molecule has 5 nitrogen and oxygen atoms in total. The van der Waals surface area contributed by atoms with E-state index in [4.69, 9.17) is 15.6 Å². The van der Waals surface area contributed by atoms with Gasteiger partial charge in [-0.1, -0.05) is 30.3 Å². The lowest BCUT2D eigenvalue weighted by molar-refractivity contribution is -0.192. The first-order chi connectivity index (χ1) is 10.7. The third-order valence-corrected chi connectivity index (χ3v) is 3.70. The highest BCUT2D eigenvalue weighted by Gasteiger charge is 2.38. The summed E-state index contributed by atoms with van der Waals surface area (Å²) >= 11 is 0. The number of carboxylic acid groups (broad SMARTS) is 1. The van der Waals surface area contributed by atoms with Crippen LogP contribution in [0.3, 0.4) is 0 Å². The van der Waals surface area contributed by atoms with Crippen LogP contribution < -0.4 is 5.73 Å². The number of hydrogen-bond donors (Lipinski definition) is 3. The van der Waals surface area contributed by atoms with Crippen LogP contribution in [0.5, 0.6) is 0 Å². The molecule has 1 aliphatic carbocycles. The predicted octanol–water partition coefficient (Wildman–Crippen LogP) is 2.39. The summed E-state index contributed by atoms with van der Waals surface area (Å²) in [7, 11) is 0. The van der Waals surface area contributed by atoms with Crippen molar-refractivity contribution in [1.82, 2.24) is 9.97 Å². The van der Waals surface area contributed by atoms with Crippen LogP contribution in [0.1, 0.15) is 23.4 Å². The number of nitrogens with one attached hydrogen (secondary N) is 1. The van der Waals surface area contributed by atoms with E-state index < -0.39 is 12.1 Å². The minimum atomic E-state index is -5.08. The Bertz CT molecular complexity index is 670. The Hall–Kier alpha value is -2.35. The highest BCUT2D eigenvalue weighted by atomic mass is 19.4. The maximum atomic E-state index is 10.6. The van der Waals surface area contributed by atoms with Gasteiger partial charge in [0.25, 0.3) is 0 Å². The van der Waals surface area contributed by atoms with Crippen LogP contribution in [0.4, 0.5) is 13.2 Å². The summed E-state index contributed by atoms with van der Waals surface area (Å²) in [5, 5.41) is 7.12. The number of alkyl halides is 3. The molecule has 23 heavy (non-hydrogen) atoms. The van der Waals surface area contributed by atoms with Gasteiger partial charge in [0.1, 0.15) is 0 Å². The summed E-state index contributed by atoms with van der Waals surface area (Å²) in [6.45, 7) is 0. The van der Waals surface area contributed by atoms with Crippen LogP contribution in [0.25, 0.3) is 0 Å². The standard InChI is InChI=1S/C13H15N3.C2HF3O2/c14-13(10-4-2-1-3-5-10)7-6-11-12(8-13)16-9-15-11;3-2(4,5)1(6)7/h1-5,9H,6-8,14H2,(H,15,16);(H,6,7). The molecular weight excluding hydrogens is 311 g/mol. The van der Waals surface area contributed by atoms with Crippen LogP contribution in [-0.4, -0.2) is 27.2 Å². The maximum Gasteiger partial charge on any atom is 0.490 e. The second-order valence-corrected chi connectivity index (χ2v) is 5.33. The summed E-state index contributed by atoms with van der Waals surface area (Å²) in [6, 6.07) is 10.3. The van der Waals surface area contributed by atoms with E-state index in [9.17, 15) is 13.2 Å². The zero-order valence-corrected chi connectivity index (χ0v) is 12.1. The molecule has 1 unspecified atom stereocenters. The molecule has 0 aliphatic heterocycles. The second-order valence-electron chi connectivity index (χ2n) is 5.33. The topological polar surface area (TPSA) is 92.0 Å². The number of rotatable bonds is 1. The Morgan fingerprint density at radius 2 is 1.91 bits per heavy atom. The van der Waals surface area contributed by atoms with E-state index in [0.29, 0.717) is 0 Å². The Morgan fingerprint density at radius 1 is 1.30 bits per heavy atom. The number of aromatic amines is 1. The van der Waals surface area contributed by atoms with E-state index >= 15 is 0 Å². The normalized spacial score (nSPS) is 20.2. The molecule has 0 fully saturated rings. The molecule has 0 bridgehead atoms. The number of nitrogens with two attached hydrogens (primary N) is 1. The van der Waals surface area contributed by atoms with Crippen molar-refractivity contribution in [2.75, 3.05) is 0 Å². The maximum absolute atomic E-state index is 10.6. The highest BCUT2D eigenvalue weighted by molar-refractivity contribution is 5.73. The van der Waals surface area contributed by atoms with Crippen molar-refractivity contribution in [3.8, 4) is 0 Å². The number of aliphatic carboxylic acids is 1. The van der Waals surface area contributed by atoms with Gasteiger partial charge in [0, 0.05) is 17.7 Å². The van der Waals surface area contributed by atoms with Gasteiger partial charge in [-0.05, 0) is 18.4 Å². The van der Waals surface area contributed by atoms with Crippen LogP contribution in [0.15, 0.2) is 36.7 Å². The largest absolute Gasteiger partial charge is 0.490 e. The molecule has 0 radical (unpaired) electrons. The zero-order valence-electron chi connectivity index (χ0n) is 12.1. The lowest BCUT2D eigenvalue weighted by Gasteiger charge is -2.33. The number of fused-ring (bicyclic) bond motifs is 1. The Morgan fingerprint density at radius 3 is 2.48 bits per heavy atom. The first-order valence-electron chi connectivity index (χ1n) is 6.88. The number of H-pyrrole nitrogens is 1. The van der Waals surface area contributed by atoms with Crippen LogP contribution in [0, 0.1) is 0 Å². The molecule has 4 N–H and O–H groups in total. The third kappa shape index (κ3) is 4.10. The lowest BCUT2D eigenvalue weighted by atomic mass is 9.78. The van der Waals surface area contributed by atoms with Gasteiger partial charge in [0.05, 0.1) is 12.0 Å². The summed E-state index contributed by atoms with van der Waals surface area (Å²) in [4.78, 5) is 16.4. The second kappa shape index (κ2) is 6.41. The SMILES string of the molecule is NC1(c2ccccc2)CCc2nc[nH]c2C1.O=C(O)C(F)(F)F. The molecule has 2 aromatic rings. The molecule has 0 saturated carbocycles. The van der Waals surface area contributed by atoms with Gasteiger partial charge in [-0.15, -0.1) is 0 Å². The van der Waals surface area contributed by atoms with Crippen LogP contribution >= 0.6 is 0 Å². The van der Waals surface area contributed by atoms with E-state index in [1.54, 1.807) is 6.33 Å². The van der Waals surface area contributed by atoms with E-state index in [1.165, 1.54) is 17.0 Å². The van der Waals surface area contributed by atoms with Gasteiger partial charge >= 0.3 is 12.1 Å². The van der Waals surface area contributed by atoms with Gasteiger partial charge in [-0.3, -0.25) is 0 Å². The number of hydrogen-bond acceptors (Lipinski definition) is 3. The average Bonchev–Trinajstić information content (AvgIpc) is 2.95. The van der Waals surface area contributed by atoms with Crippen molar-refractivity contribution < 1.29 is 23.1 Å². The van der Waals surface area contributed by atoms with Gasteiger partial charge in [0.15, 0.2) is 0 Å². The van der Waals surface area contributed by atoms with E-state index in [2.05, 4.69) is 22.1 Å². The van der Waals surface area contributed by atoms with Gasteiger partial charge in [-0.2, -0.15) is 13.2 Å². The molecule has 1 atom stereocenters. The molecule has 0 spiro atoms. The lowest BCUT2D eigenvalue weighted by Crippen LogP contribution is -2.42. The quantitative estimate of drug-likeness (QED) is 0.750. The number of halogens is 3. The molecular formula is C15H16F3N3O2. The molecule has 1 heterocycles. The van der Waals surface area contributed by atoms with Crippen LogP contribution in [-0.2, 0) is 23.2 Å². The van der Waals surface area contributed by atoms with Crippen molar-refractivity contribution in [3.05, 3.63) is 53.6 Å². The molecule has 3 rings (SSSR count). The number of aryl methyl sites for hydroxylation is 1. The zero-order chi connectivity index (χ0) is 17.1. The van der Waals surface area contributed by atoms with Crippen molar-refractivity contribution in [1.29, 1.82) is 0 Å². The summed E-state index contributed by atoms with van der Waals surface area (Å²) in [5.74, 6) is -2.76. The Balaban J connectivity index is 0.000000236. The highest BCUT2D eigenvalue weighted by Crippen LogP contribution is 2.32. The van der Waals surface area contributed by atoms with Gasteiger partial charge in [0.2, 0.25) is 0 Å². The summed E-state index contributed by atoms with van der Waals surface area (Å²) in [5.41, 5.74) is 9.86. The summed E-state index contributed by atoms with van der Waals surface area (Å²) in [6.07, 6.45) is -0.535. The van der Waals surface area contributed by atoms with Crippen molar-refractivity contribution in [2.24, 2.45) is 5.73 Å². The minimum absolute atomic E-state index is 0.235. The smallest absolute Gasteiger partial charge is 0.475 e. The molecule has 1 aromatic heterocycles. The number of carbonyl (C=O) groups is 1. The van der Waals surface area contributed by atoms with Crippen molar-refractivity contribution in [2.45, 2.75) is 31.0 Å². The first kappa shape index (κ1) is 17.0. The molecule has 8 heteroatoms. The fourth-order valence-corrected chi connectivity index (χ4v) is 2.48. The number of aromatic nitrogens is 2. The fourth-order valence-electron chi connectivity index (χ4n) is 2.48. The Labute approximate surface area is 130 Å². The van der Waals surface area contributed by atoms with Gasteiger partial charge < -0.3 is 15.8 Å². The van der Waals surface area contributed by atoms with E-state index in [1.807, 2.05) is 18.2 Å². The van der Waals surface area contributed by atoms with E-state index in [-0.39, 0.29) is 5.54 Å². The fraction of sp³-hybridized carbons (Fsp3) is 0.333.